The average molecular weight is 254 g/mol. The van der Waals surface area contributed by atoms with Crippen molar-refractivity contribution in [1.82, 2.24) is 0 Å². The zero-order valence-corrected chi connectivity index (χ0v) is 11.3. The van der Waals surface area contributed by atoms with Gasteiger partial charge in [-0.1, -0.05) is 19.6 Å². The van der Waals surface area contributed by atoms with Gasteiger partial charge in [0, 0.05) is 13.0 Å². The molecule has 1 rings (SSSR count). The van der Waals surface area contributed by atoms with Crippen molar-refractivity contribution in [2.24, 2.45) is 0 Å². The third kappa shape index (κ3) is 3.48. The molecule has 1 atom stereocenters. The second kappa shape index (κ2) is 4.68. The number of hydrogen-bond donors (Lipinski definition) is 0. The van der Waals surface area contributed by atoms with Gasteiger partial charge in [0.2, 0.25) is 0 Å². The van der Waals surface area contributed by atoms with Gasteiger partial charge in [0.15, 0.2) is 0 Å². The van der Waals surface area contributed by atoms with Crippen molar-refractivity contribution < 1.29 is 17.9 Å². The third-order valence-electron chi connectivity index (χ3n) is 3.53. The molecule has 0 saturated carbocycles. The van der Waals surface area contributed by atoms with Crippen LogP contribution in [0.1, 0.15) is 32.1 Å². The van der Waals surface area contributed by atoms with Crippen LogP contribution >= 0.6 is 0 Å². The number of rotatable bonds is 3. The maximum atomic E-state index is 12.3. The van der Waals surface area contributed by atoms with Gasteiger partial charge in [-0.05, 0) is 25.7 Å². The van der Waals surface area contributed by atoms with Crippen LogP contribution < -0.4 is 0 Å². The van der Waals surface area contributed by atoms with Gasteiger partial charge in [0.05, 0.1) is 13.3 Å². The molecule has 0 aromatic carbocycles. The Kier molecular flexibility index (Phi) is 4.11. The van der Waals surface area contributed by atoms with Crippen LogP contribution in [0.2, 0.25) is 19.6 Å². The predicted octanol–water partition coefficient (Wildman–Crippen LogP) is 4.15. The van der Waals surface area contributed by atoms with E-state index in [1.165, 1.54) is 0 Å². The van der Waals surface area contributed by atoms with Crippen molar-refractivity contribution in [3.05, 3.63) is 0 Å². The van der Waals surface area contributed by atoms with E-state index in [0.717, 1.165) is 19.3 Å². The molecular weight excluding hydrogens is 233 g/mol. The lowest BCUT2D eigenvalue weighted by atomic mass is 10.0. The minimum absolute atomic E-state index is 0.145. The lowest BCUT2D eigenvalue weighted by Crippen LogP contribution is -2.56. The Balaban J connectivity index is 2.72. The quantitative estimate of drug-likeness (QED) is 0.688. The molecule has 16 heavy (non-hydrogen) atoms. The fourth-order valence-corrected chi connectivity index (χ4v) is 4.70. The highest BCUT2D eigenvalue weighted by Crippen LogP contribution is 2.40. The number of hydrogen-bond acceptors (Lipinski definition) is 1. The second-order valence-corrected chi connectivity index (χ2v) is 11.1. The summed E-state index contributed by atoms with van der Waals surface area (Å²) in [5.41, 5.74) is 0. The maximum absolute atomic E-state index is 12.3. The number of ether oxygens (including phenoxy) is 1. The minimum atomic E-state index is -4.06. The fraction of sp³-hybridized carbons (Fsp3) is 1.00. The second-order valence-electron chi connectivity index (χ2n) is 5.67. The van der Waals surface area contributed by atoms with Crippen LogP contribution in [0.15, 0.2) is 0 Å². The summed E-state index contributed by atoms with van der Waals surface area (Å²) in [6.45, 7) is 6.94. The Bertz CT molecular complexity index is 226. The molecule has 1 heterocycles. The Morgan fingerprint density at radius 3 is 2.19 bits per heavy atom. The molecule has 5 heteroatoms. The molecule has 96 valence electrons. The molecule has 1 aliphatic heterocycles. The molecular formula is C11H21F3OSi. The summed E-state index contributed by atoms with van der Waals surface area (Å²) in [4.78, 5) is 0. The van der Waals surface area contributed by atoms with Gasteiger partial charge < -0.3 is 4.74 Å². The molecule has 0 aromatic heterocycles. The van der Waals surface area contributed by atoms with Crippen molar-refractivity contribution >= 4 is 8.07 Å². The first kappa shape index (κ1) is 14.0. The summed E-state index contributed by atoms with van der Waals surface area (Å²) < 4.78 is 42.8. The van der Waals surface area contributed by atoms with Crippen LogP contribution in [0.4, 0.5) is 13.2 Å². The standard InChI is InChI=1S/C11H21F3OSi/c1-16(2,3)10(6-4-5-9-15-10)7-8-11(12,13)14/h4-9H2,1-3H3. The van der Waals surface area contributed by atoms with E-state index >= 15 is 0 Å². The number of alkyl halides is 3. The normalized spacial score (nSPS) is 28.1. The molecule has 1 aliphatic rings. The summed E-state index contributed by atoms with van der Waals surface area (Å²) in [6, 6.07) is 0. The Morgan fingerprint density at radius 2 is 1.81 bits per heavy atom. The Morgan fingerprint density at radius 1 is 1.19 bits per heavy atom. The Hall–Kier alpha value is -0.0331. The van der Waals surface area contributed by atoms with Crippen molar-refractivity contribution in [1.29, 1.82) is 0 Å². The highest BCUT2D eigenvalue weighted by molar-refractivity contribution is 6.79. The van der Waals surface area contributed by atoms with Gasteiger partial charge in [-0.2, -0.15) is 13.2 Å². The van der Waals surface area contributed by atoms with Crippen LogP contribution in [0.5, 0.6) is 0 Å². The smallest absolute Gasteiger partial charge is 0.378 e. The van der Waals surface area contributed by atoms with Gasteiger partial charge in [0.1, 0.15) is 0 Å². The molecule has 0 amide bonds. The van der Waals surface area contributed by atoms with E-state index in [-0.39, 0.29) is 6.42 Å². The molecule has 1 nitrogen and oxygen atoms in total. The average Bonchev–Trinajstić information content (AvgIpc) is 2.13. The molecule has 0 N–H and O–H groups in total. The summed E-state index contributed by atoms with van der Waals surface area (Å²) in [5, 5.41) is -0.458. The third-order valence-corrected chi connectivity index (χ3v) is 6.91. The Labute approximate surface area is 96.4 Å². The van der Waals surface area contributed by atoms with Crippen LogP contribution in [0.3, 0.4) is 0 Å². The monoisotopic (exact) mass is 254 g/mol. The summed E-state index contributed by atoms with van der Waals surface area (Å²) in [7, 11) is -1.73. The topological polar surface area (TPSA) is 9.23 Å². The van der Waals surface area contributed by atoms with E-state index in [1.807, 2.05) is 0 Å². The van der Waals surface area contributed by atoms with E-state index in [2.05, 4.69) is 19.6 Å². The van der Waals surface area contributed by atoms with Crippen LogP contribution in [0.25, 0.3) is 0 Å². The van der Waals surface area contributed by atoms with E-state index in [9.17, 15) is 13.2 Å². The summed E-state index contributed by atoms with van der Waals surface area (Å²) in [5.74, 6) is 0. The van der Waals surface area contributed by atoms with Crippen LogP contribution in [-0.4, -0.2) is 26.1 Å². The molecule has 0 aromatic rings. The van der Waals surface area contributed by atoms with Crippen molar-refractivity contribution in [3.8, 4) is 0 Å². The lowest BCUT2D eigenvalue weighted by Gasteiger charge is -2.46. The molecule has 0 radical (unpaired) electrons. The molecule has 0 bridgehead atoms. The van der Waals surface area contributed by atoms with Gasteiger partial charge in [0.25, 0.3) is 0 Å². The van der Waals surface area contributed by atoms with Gasteiger partial charge in [-0.25, -0.2) is 0 Å². The minimum Gasteiger partial charge on any atom is -0.378 e. The zero-order chi connectivity index (χ0) is 12.4. The first-order chi connectivity index (χ1) is 7.16. The van der Waals surface area contributed by atoms with Crippen molar-refractivity contribution in [2.45, 2.75) is 63.1 Å². The fourth-order valence-electron chi connectivity index (χ4n) is 2.36. The molecule has 0 aliphatic carbocycles. The van der Waals surface area contributed by atoms with Gasteiger partial charge in [-0.15, -0.1) is 0 Å². The van der Waals surface area contributed by atoms with E-state index in [0.29, 0.717) is 6.61 Å². The lowest BCUT2D eigenvalue weighted by molar-refractivity contribution is -0.148. The SMILES string of the molecule is C[Si](C)(C)C1(CCC(F)(F)F)CCCCO1. The maximum Gasteiger partial charge on any atom is 0.389 e. The summed E-state index contributed by atoms with van der Waals surface area (Å²) in [6.07, 6.45) is -1.84. The van der Waals surface area contributed by atoms with Gasteiger partial charge >= 0.3 is 6.18 Å². The summed E-state index contributed by atoms with van der Waals surface area (Å²) >= 11 is 0. The van der Waals surface area contributed by atoms with E-state index in [1.54, 1.807) is 0 Å². The van der Waals surface area contributed by atoms with E-state index in [4.69, 9.17) is 4.74 Å². The van der Waals surface area contributed by atoms with Gasteiger partial charge in [-0.3, -0.25) is 0 Å². The largest absolute Gasteiger partial charge is 0.389 e. The zero-order valence-electron chi connectivity index (χ0n) is 10.3. The molecule has 1 saturated heterocycles. The first-order valence-corrected chi connectivity index (χ1v) is 9.37. The van der Waals surface area contributed by atoms with Crippen molar-refractivity contribution in [2.75, 3.05) is 6.61 Å². The van der Waals surface area contributed by atoms with Crippen LogP contribution in [-0.2, 0) is 4.74 Å². The molecule has 0 spiro atoms. The highest BCUT2D eigenvalue weighted by atomic mass is 28.3. The number of halogens is 3. The highest BCUT2D eigenvalue weighted by Gasteiger charge is 2.47. The van der Waals surface area contributed by atoms with E-state index < -0.39 is 25.9 Å². The molecule has 1 fully saturated rings. The first-order valence-electron chi connectivity index (χ1n) is 5.87. The predicted molar refractivity (Wildman–Crippen MR) is 61.2 cm³/mol. The van der Waals surface area contributed by atoms with Crippen molar-refractivity contribution in [3.63, 3.8) is 0 Å². The molecule has 1 unspecified atom stereocenters. The van der Waals surface area contributed by atoms with Crippen LogP contribution in [0, 0.1) is 0 Å².